The van der Waals surface area contributed by atoms with Gasteiger partial charge in [0, 0.05) is 41.4 Å². The molecule has 7 aromatic rings. The average Bonchev–Trinajstić information content (AvgIpc) is 3.74. The van der Waals surface area contributed by atoms with E-state index in [-0.39, 0.29) is 28.7 Å². The summed E-state index contributed by atoms with van der Waals surface area (Å²) in [5.74, 6) is 4.42. The van der Waals surface area contributed by atoms with E-state index < -0.39 is 0 Å². The molecule has 0 saturated carbocycles. The quantitative estimate of drug-likeness (QED) is 0.130. The number of rotatable bonds is 11. The Kier molecular flexibility index (Phi) is 12.0. The van der Waals surface area contributed by atoms with Gasteiger partial charge in [0.15, 0.2) is 0 Å². The van der Waals surface area contributed by atoms with Crippen molar-refractivity contribution in [3.8, 4) is 11.5 Å². The molecule has 9 rings (SSSR count). The first kappa shape index (κ1) is 44.7. The lowest BCUT2D eigenvalue weighted by Gasteiger charge is -2.41. The van der Waals surface area contributed by atoms with Crippen molar-refractivity contribution in [2.75, 3.05) is 16.3 Å². The molecule has 336 valence electrons. The molecule has 1 aromatic heterocycles. The van der Waals surface area contributed by atoms with Gasteiger partial charge in [-0.1, -0.05) is 179 Å². The normalized spacial score (nSPS) is 15.7. The number of benzene rings is 6. The summed E-state index contributed by atoms with van der Waals surface area (Å²) in [6.45, 7) is 25.9. The number of hydrogen-bond acceptors (Lipinski definition) is 5. The summed E-state index contributed by atoms with van der Waals surface area (Å²) in [5, 5.41) is 0. The predicted molar refractivity (Wildman–Crippen MR) is 277 cm³/mol. The van der Waals surface area contributed by atoms with E-state index in [1.165, 1.54) is 50.2 Å². The molecule has 2 aliphatic rings. The zero-order chi connectivity index (χ0) is 46.5. The fourth-order valence-electron chi connectivity index (χ4n) is 10.2. The van der Waals surface area contributed by atoms with Gasteiger partial charge in [-0.05, 0) is 110 Å². The zero-order valence-corrected chi connectivity index (χ0v) is 40.8. The molecule has 3 heterocycles. The van der Waals surface area contributed by atoms with Gasteiger partial charge in [0.2, 0.25) is 0 Å². The van der Waals surface area contributed by atoms with Crippen molar-refractivity contribution in [1.29, 1.82) is 0 Å². The maximum atomic E-state index is 7.11. The van der Waals surface area contributed by atoms with Gasteiger partial charge in [0.05, 0.1) is 17.4 Å². The van der Waals surface area contributed by atoms with Crippen LogP contribution in [0.25, 0.3) is 0 Å². The molecule has 1 atom stereocenters. The predicted octanol–water partition coefficient (Wildman–Crippen LogP) is 16.1. The Hall–Kier alpha value is -6.46. The zero-order valence-electron chi connectivity index (χ0n) is 40.8. The molecule has 0 fully saturated rings. The van der Waals surface area contributed by atoms with Gasteiger partial charge in [-0.2, -0.15) is 0 Å². The SMILES string of the molecule is CC(C)c1cc(Oc2ccc3c(c2)N(c2cc(C(C)(C)C)ccn2)c2ccccc2C3(C)C)cc(C2=N[C@H](C(c3ccccc3)c3ccccc3)CN2c2c(C(C)C)cccc2C(C)C)c1. The molecule has 0 radical (unpaired) electrons. The first-order valence-electron chi connectivity index (χ1n) is 24.0. The Bertz CT molecular complexity index is 2820. The number of amidine groups is 1. The summed E-state index contributed by atoms with van der Waals surface area (Å²) in [6, 6.07) is 55.2. The summed E-state index contributed by atoms with van der Waals surface area (Å²) >= 11 is 0. The van der Waals surface area contributed by atoms with E-state index in [0.29, 0.717) is 11.8 Å². The third kappa shape index (κ3) is 8.45. The highest BCUT2D eigenvalue weighted by atomic mass is 16.5. The fraction of sp³-hybridized carbons (Fsp3) is 0.311. The van der Waals surface area contributed by atoms with Gasteiger partial charge in [-0.3, -0.25) is 9.89 Å². The van der Waals surface area contributed by atoms with E-state index in [2.05, 4.69) is 238 Å². The molecule has 5 nitrogen and oxygen atoms in total. The van der Waals surface area contributed by atoms with Gasteiger partial charge in [0.25, 0.3) is 0 Å². The lowest BCUT2D eigenvalue weighted by molar-refractivity contribution is 0.480. The molecule has 5 heteroatoms. The van der Waals surface area contributed by atoms with Crippen LogP contribution in [0.4, 0.5) is 22.9 Å². The Morgan fingerprint density at radius 3 is 1.83 bits per heavy atom. The minimum Gasteiger partial charge on any atom is -0.457 e. The lowest BCUT2D eigenvalue weighted by atomic mass is 9.73. The molecular weight excluding hydrogens is 805 g/mol. The van der Waals surface area contributed by atoms with Crippen LogP contribution in [-0.2, 0) is 10.8 Å². The summed E-state index contributed by atoms with van der Waals surface area (Å²) in [6.07, 6.45) is 1.95. The Morgan fingerprint density at radius 1 is 0.591 bits per heavy atom. The molecule has 0 saturated heterocycles. The number of aliphatic imine (C=N–C) groups is 1. The van der Waals surface area contributed by atoms with Gasteiger partial charge in [-0.25, -0.2) is 4.98 Å². The Morgan fingerprint density at radius 2 is 1.21 bits per heavy atom. The van der Waals surface area contributed by atoms with E-state index in [4.69, 9.17) is 14.7 Å². The molecule has 0 bridgehead atoms. The topological polar surface area (TPSA) is 41.0 Å². The monoisotopic (exact) mass is 871 g/mol. The van der Waals surface area contributed by atoms with E-state index in [1.54, 1.807) is 0 Å². The third-order valence-corrected chi connectivity index (χ3v) is 13.9. The molecule has 0 amide bonds. The van der Waals surface area contributed by atoms with Crippen molar-refractivity contribution >= 4 is 28.7 Å². The number of nitrogens with zero attached hydrogens (tertiary/aromatic N) is 4. The molecule has 66 heavy (non-hydrogen) atoms. The standard InChI is InChI=1S/C61H66N4O/c1-39(2)44-33-45(59-63-53(57(42-21-14-12-15-22-42)43-23-16-13-17-24-43)38-64(59)58-49(40(3)4)25-20-26-50(58)41(5)6)35-48(34-44)66-47-29-30-52-55(37-47)65(54-28-19-18-27-51(54)61(52,10)11)56-36-46(31-32-62-56)60(7,8)9/h12-37,39-41,53,57H,38H2,1-11H3/t53-/m0/s1. The summed E-state index contributed by atoms with van der Waals surface area (Å²) in [7, 11) is 0. The number of ether oxygens (including phenoxy) is 1. The van der Waals surface area contributed by atoms with Crippen molar-refractivity contribution in [3.05, 3.63) is 208 Å². The van der Waals surface area contributed by atoms with Crippen LogP contribution in [0.2, 0.25) is 0 Å². The van der Waals surface area contributed by atoms with Crippen LogP contribution < -0.4 is 14.5 Å². The van der Waals surface area contributed by atoms with Crippen LogP contribution in [0.3, 0.4) is 0 Å². The third-order valence-electron chi connectivity index (χ3n) is 13.9. The van der Waals surface area contributed by atoms with Crippen LogP contribution in [0.5, 0.6) is 11.5 Å². The molecular formula is C61H66N4O. The average molecular weight is 871 g/mol. The highest BCUT2D eigenvalue weighted by molar-refractivity contribution is 6.12. The molecule has 0 spiro atoms. The second-order valence-electron chi connectivity index (χ2n) is 20.9. The molecule has 0 unspecified atom stereocenters. The van der Waals surface area contributed by atoms with Gasteiger partial charge in [-0.15, -0.1) is 0 Å². The van der Waals surface area contributed by atoms with Crippen LogP contribution >= 0.6 is 0 Å². The van der Waals surface area contributed by atoms with E-state index in [9.17, 15) is 0 Å². The van der Waals surface area contributed by atoms with Crippen LogP contribution in [0.1, 0.15) is 150 Å². The Labute approximate surface area is 394 Å². The molecule has 0 aliphatic carbocycles. The molecule has 2 aliphatic heterocycles. The second-order valence-corrected chi connectivity index (χ2v) is 20.9. The first-order chi connectivity index (χ1) is 31.6. The second kappa shape index (κ2) is 17.7. The van der Waals surface area contributed by atoms with Crippen molar-refractivity contribution in [1.82, 2.24) is 4.98 Å². The van der Waals surface area contributed by atoms with Crippen LogP contribution in [-0.4, -0.2) is 23.4 Å². The van der Waals surface area contributed by atoms with E-state index in [1.807, 2.05) is 6.20 Å². The number of anilines is 4. The van der Waals surface area contributed by atoms with Gasteiger partial charge in [0.1, 0.15) is 23.2 Å². The van der Waals surface area contributed by atoms with Crippen molar-refractivity contribution < 1.29 is 4.74 Å². The maximum absolute atomic E-state index is 7.11. The summed E-state index contributed by atoms with van der Waals surface area (Å²) in [4.78, 5) is 15.7. The maximum Gasteiger partial charge on any atom is 0.137 e. The minimum absolute atomic E-state index is 0.0321. The number of pyridine rings is 1. The smallest absolute Gasteiger partial charge is 0.137 e. The highest BCUT2D eigenvalue weighted by Gasteiger charge is 2.39. The lowest BCUT2D eigenvalue weighted by Crippen LogP contribution is -2.33. The van der Waals surface area contributed by atoms with Crippen molar-refractivity contribution in [3.63, 3.8) is 0 Å². The van der Waals surface area contributed by atoms with E-state index >= 15 is 0 Å². The van der Waals surface area contributed by atoms with Gasteiger partial charge >= 0.3 is 0 Å². The number of aromatic nitrogens is 1. The van der Waals surface area contributed by atoms with Gasteiger partial charge < -0.3 is 9.64 Å². The minimum atomic E-state index is -0.244. The largest absolute Gasteiger partial charge is 0.457 e. The Balaban J connectivity index is 1.19. The van der Waals surface area contributed by atoms with Crippen molar-refractivity contribution in [2.45, 2.75) is 117 Å². The van der Waals surface area contributed by atoms with E-state index in [0.717, 1.165) is 46.6 Å². The molecule has 6 aromatic carbocycles. The summed E-state index contributed by atoms with van der Waals surface area (Å²) < 4.78 is 7.11. The molecule has 0 N–H and O–H groups in total. The number of para-hydroxylation sites is 2. The number of hydrogen-bond donors (Lipinski definition) is 0. The first-order valence-corrected chi connectivity index (χ1v) is 24.0. The highest BCUT2D eigenvalue weighted by Crippen LogP contribution is 2.53. The van der Waals surface area contributed by atoms with Crippen LogP contribution in [0, 0.1) is 0 Å². The number of fused-ring (bicyclic) bond motifs is 2. The fourth-order valence-corrected chi connectivity index (χ4v) is 10.2. The summed E-state index contributed by atoms with van der Waals surface area (Å²) in [5.41, 5.74) is 14.4. The van der Waals surface area contributed by atoms with Crippen LogP contribution in [0.15, 0.2) is 163 Å². The van der Waals surface area contributed by atoms with Crippen molar-refractivity contribution in [2.24, 2.45) is 4.99 Å².